The van der Waals surface area contributed by atoms with Gasteiger partial charge in [0.25, 0.3) is 5.91 Å². The normalized spacial score (nSPS) is 11.4. The van der Waals surface area contributed by atoms with Gasteiger partial charge in [-0.05, 0) is 33.6 Å². The van der Waals surface area contributed by atoms with Crippen molar-refractivity contribution in [3.05, 3.63) is 17.5 Å². The second-order valence-electron chi connectivity index (χ2n) is 5.95. The average molecular weight is 295 g/mol. The number of aliphatic carboxylic acids is 1. The molecule has 0 bridgehead atoms. The molecule has 0 saturated heterocycles. The minimum Gasteiger partial charge on any atom is -0.481 e. The number of aromatic nitrogens is 2. The Bertz CT molecular complexity index is 506. The van der Waals surface area contributed by atoms with Gasteiger partial charge in [0, 0.05) is 24.2 Å². The molecule has 1 aromatic heterocycles. The van der Waals surface area contributed by atoms with E-state index in [-0.39, 0.29) is 12.3 Å². The van der Waals surface area contributed by atoms with Crippen LogP contribution in [0.5, 0.6) is 0 Å². The number of carbonyl (C=O) groups is 2. The summed E-state index contributed by atoms with van der Waals surface area (Å²) in [6.45, 7) is 8.44. The van der Waals surface area contributed by atoms with E-state index in [1.165, 1.54) is 0 Å². The Kier molecular flexibility index (Phi) is 5.93. The predicted molar refractivity (Wildman–Crippen MR) is 80.3 cm³/mol. The Balaban J connectivity index is 2.71. The highest BCUT2D eigenvalue weighted by molar-refractivity contribution is 5.95. The Morgan fingerprint density at radius 3 is 2.67 bits per heavy atom. The zero-order chi connectivity index (χ0) is 16.0. The maximum absolute atomic E-state index is 12.3. The van der Waals surface area contributed by atoms with Crippen LogP contribution in [0.15, 0.2) is 6.20 Å². The second kappa shape index (κ2) is 7.24. The van der Waals surface area contributed by atoms with E-state index in [1.54, 1.807) is 6.20 Å². The van der Waals surface area contributed by atoms with Crippen LogP contribution in [0.3, 0.4) is 0 Å². The van der Waals surface area contributed by atoms with Crippen LogP contribution >= 0.6 is 0 Å². The molecule has 6 nitrogen and oxygen atoms in total. The largest absolute Gasteiger partial charge is 0.481 e. The standard InChI is InChI=1S/C15H25N3O3/c1-5-6-9-18-11(2)12(10-16-18)14(21)17-15(3,4)8-7-13(19)20/h10H,5-9H2,1-4H3,(H,17,21)(H,19,20). The van der Waals surface area contributed by atoms with Crippen LogP contribution in [0.25, 0.3) is 0 Å². The van der Waals surface area contributed by atoms with Crippen LogP contribution in [0.1, 0.15) is 62.5 Å². The van der Waals surface area contributed by atoms with E-state index in [2.05, 4.69) is 17.3 Å². The van der Waals surface area contributed by atoms with Crippen molar-refractivity contribution in [2.45, 2.75) is 65.5 Å². The number of amides is 1. The minimum atomic E-state index is -0.860. The van der Waals surface area contributed by atoms with E-state index < -0.39 is 11.5 Å². The average Bonchev–Trinajstić information content (AvgIpc) is 2.75. The molecule has 0 saturated carbocycles. The third-order valence-corrected chi connectivity index (χ3v) is 3.49. The van der Waals surface area contributed by atoms with Crippen LogP contribution in [0.4, 0.5) is 0 Å². The monoisotopic (exact) mass is 295 g/mol. The maximum atomic E-state index is 12.3. The molecule has 0 aromatic carbocycles. The molecular formula is C15H25N3O3. The SMILES string of the molecule is CCCCn1ncc(C(=O)NC(C)(C)CCC(=O)O)c1C. The first-order valence-corrected chi connectivity index (χ1v) is 7.33. The molecule has 0 aliphatic rings. The van der Waals surface area contributed by atoms with E-state index in [9.17, 15) is 9.59 Å². The quantitative estimate of drug-likeness (QED) is 0.771. The highest BCUT2D eigenvalue weighted by Crippen LogP contribution is 2.14. The lowest BCUT2D eigenvalue weighted by Gasteiger charge is -2.25. The number of carboxylic acid groups (broad SMARTS) is 1. The van der Waals surface area contributed by atoms with Gasteiger partial charge in [-0.15, -0.1) is 0 Å². The Morgan fingerprint density at radius 1 is 1.43 bits per heavy atom. The highest BCUT2D eigenvalue weighted by atomic mass is 16.4. The third-order valence-electron chi connectivity index (χ3n) is 3.49. The van der Waals surface area contributed by atoms with Crippen molar-refractivity contribution in [3.8, 4) is 0 Å². The first-order valence-electron chi connectivity index (χ1n) is 7.33. The summed E-state index contributed by atoms with van der Waals surface area (Å²) in [4.78, 5) is 22.9. The summed E-state index contributed by atoms with van der Waals surface area (Å²) in [6.07, 6.45) is 4.09. The van der Waals surface area contributed by atoms with E-state index in [1.807, 2.05) is 25.5 Å². The van der Waals surface area contributed by atoms with E-state index in [0.29, 0.717) is 12.0 Å². The summed E-state index contributed by atoms with van der Waals surface area (Å²) in [5.41, 5.74) is 0.831. The molecule has 2 N–H and O–H groups in total. The molecule has 1 aromatic rings. The fourth-order valence-electron chi connectivity index (χ4n) is 2.06. The molecule has 1 heterocycles. The molecule has 1 rings (SSSR count). The predicted octanol–water partition coefficient (Wildman–Crippen LogP) is 2.36. The lowest BCUT2D eigenvalue weighted by atomic mass is 9.98. The van der Waals surface area contributed by atoms with Gasteiger partial charge in [0.2, 0.25) is 0 Å². The number of carboxylic acids is 1. The molecule has 0 aliphatic carbocycles. The summed E-state index contributed by atoms with van der Waals surface area (Å²) in [5.74, 6) is -1.06. The highest BCUT2D eigenvalue weighted by Gasteiger charge is 2.24. The van der Waals surface area contributed by atoms with Gasteiger partial charge in [0.1, 0.15) is 0 Å². The lowest BCUT2D eigenvalue weighted by Crippen LogP contribution is -2.43. The number of unbranched alkanes of at least 4 members (excludes halogenated alkanes) is 1. The van der Waals surface area contributed by atoms with Crippen LogP contribution < -0.4 is 5.32 Å². The van der Waals surface area contributed by atoms with Crippen molar-refractivity contribution in [3.63, 3.8) is 0 Å². The summed E-state index contributed by atoms with van der Waals surface area (Å²) < 4.78 is 1.84. The first-order chi connectivity index (χ1) is 9.76. The topological polar surface area (TPSA) is 84.2 Å². The minimum absolute atomic E-state index is 0.0298. The first kappa shape index (κ1) is 17.2. The molecule has 1 amide bonds. The zero-order valence-corrected chi connectivity index (χ0v) is 13.3. The van der Waals surface area contributed by atoms with E-state index in [4.69, 9.17) is 5.11 Å². The van der Waals surface area contributed by atoms with Gasteiger partial charge in [-0.2, -0.15) is 5.10 Å². The van der Waals surface area contributed by atoms with Gasteiger partial charge in [-0.25, -0.2) is 0 Å². The van der Waals surface area contributed by atoms with Gasteiger partial charge in [0.15, 0.2) is 0 Å². The molecule has 0 unspecified atom stereocenters. The van der Waals surface area contributed by atoms with Gasteiger partial charge < -0.3 is 10.4 Å². The zero-order valence-electron chi connectivity index (χ0n) is 13.3. The van der Waals surface area contributed by atoms with E-state index in [0.717, 1.165) is 25.1 Å². The fourth-order valence-corrected chi connectivity index (χ4v) is 2.06. The van der Waals surface area contributed by atoms with Crippen molar-refractivity contribution in [1.29, 1.82) is 0 Å². The molecule has 0 radical (unpaired) electrons. The lowest BCUT2D eigenvalue weighted by molar-refractivity contribution is -0.137. The number of hydrogen-bond acceptors (Lipinski definition) is 3. The van der Waals surface area contributed by atoms with Gasteiger partial charge in [-0.1, -0.05) is 13.3 Å². The van der Waals surface area contributed by atoms with E-state index >= 15 is 0 Å². The Hall–Kier alpha value is -1.85. The molecule has 0 fully saturated rings. The number of aryl methyl sites for hydroxylation is 1. The second-order valence-corrected chi connectivity index (χ2v) is 5.95. The molecule has 0 spiro atoms. The molecule has 21 heavy (non-hydrogen) atoms. The van der Waals surface area contributed by atoms with Crippen molar-refractivity contribution in [2.75, 3.05) is 0 Å². The molecule has 118 valence electrons. The summed E-state index contributed by atoms with van der Waals surface area (Å²) in [7, 11) is 0. The molecule has 0 aliphatic heterocycles. The molecular weight excluding hydrogens is 270 g/mol. The Morgan fingerprint density at radius 2 is 2.10 bits per heavy atom. The summed E-state index contributed by atoms with van der Waals surface area (Å²) >= 11 is 0. The smallest absolute Gasteiger partial charge is 0.303 e. The third kappa shape index (κ3) is 5.21. The van der Waals surface area contributed by atoms with Crippen molar-refractivity contribution in [1.82, 2.24) is 15.1 Å². The van der Waals surface area contributed by atoms with Crippen LogP contribution in [0.2, 0.25) is 0 Å². The van der Waals surface area contributed by atoms with Gasteiger partial charge in [-0.3, -0.25) is 14.3 Å². The molecule has 6 heteroatoms. The number of nitrogens with zero attached hydrogens (tertiary/aromatic N) is 2. The van der Waals surface area contributed by atoms with Crippen molar-refractivity contribution in [2.24, 2.45) is 0 Å². The summed E-state index contributed by atoms with van der Waals surface area (Å²) in [5, 5.41) is 15.9. The number of carbonyl (C=O) groups excluding carboxylic acids is 1. The van der Waals surface area contributed by atoms with Crippen molar-refractivity contribution >= 4 is 11.9 Å². The van der Waals surface area contributed by atoms with Crippen molar-refractivity contribution < 1.29 is 14.7 Å². The molecule has 0 atom stereocenters. The maximum Gasteiger partial charge on any atom is 0.303 e. The number of hydrogen-bond donors (Lipinski definition) is 2. The van der Waals surface area contributed by atoms with Gasteiger partial charge in [0.05, 0.1) is 11.8 Å². The van der Waals surface area contributed by atoms with Crippen LogP contribution in [-0.4, -0.2) is 32.3 Å². The van der Waals surface area contributed by atoms with Crippen LogP contribution in [0, 0.1) is 6.92 Å². The summed E-state index contributed by atoms with van der Waals surface area (Å²) in [6, 6.07) is 0. The fraction of sp³-hybridized carbons (Fsp3) is 0.667. The number of nitrogens with one attached hydrogen (secondary N) is 1. The van der Waals surface area contributed by atoms with Crippen LogP contribution in [-0.2, 0) is 11.3 Å². The van der Waals surface area contributed by atoms with Gasteiger partial charge >= 0.3 is 5.97 Å². The number of rotatable bonds is 8. The Labute approximate surface area is 125 Å².